The minimum Gasteiger partial charge on any atom is -0.481 e. The van der Waals surface area contributed by atoms with Crippen LogP contribution in [-0.2, 0) is 91.3 Å². The Morgan fingerprint density at radius 3 is 1.31 bits per heavy atom. The molecule has 1 aliphatic rings. The number of hydrogen-bond acceptors (Lipinski definition) is 23. The second-order valence-electron chi connectivity index (χ2n) is 29.6. The van der Waals surface area contributed by atoms with Crippen molar-refractivity contribution in [3.05, 3.63) is 108 Å². The molecule has 0 radical (unpaired) electrons. The van der Waals surface area contributed by atoms with E-state index in [0.717, 1.165) is 5.56 Å². The zero-order valence-corrected chi connectivity index (χ0v) is 69.3. The number of thioether (sulfide) groups is 1. The number of nitrogens with zero attached hydrogens (tertiary/aromatic N) is 1. The van der Waals surface area contributed by atoms with Crippen LogP contribution in [0.15, 0.2) is 91.0 Å². The molecule has 13 amide bonds. The molecule has 13 atom stereocenters. The number of amides is 13. The summed E-state index contributed by atoms with van der Waals surface area (Å²) in [5, 5.41) is 91.5. The molecule has 4 rings (SSSR count). The third kappa shape index (κ3) is 38.1. The molecular formula is C79H122N22O19S. The van der Waals surface area contributed by atoms with Crippen LogP contribution in [0.2, 0.25) is 0 Å². The van der Waals surface area contributed by atoms with E-state index in [1.807, 2.05) is 18.2 Å². The van der Waals surface area contributed by atoms with Crippen LogP contribution in [-0.4, -0.2) is 262 Å². The molecule has 121 heavy (non-hydrogen) atoms. The van der Waals surface area contributed by atoms with E-state index in [1.165, 1.54) is 16.7 Å². The standard InChI is InChI=1S/C79H122N22O19S/c1-46(2)38-60(77(119)120)99-69(111)54(31-37-121-3)93-70(112)56(39-47-20-7-4-8-21-47)95-66(108)51(26-13-15-32-80)90-71(113)57(40-48-22-9-5-10-23-48)98-75(117)62-30-19-36-101(62)76(118)55(27-14-16-33-81)94-72(114)58(41-63(83)104)96-67(109)52(29-18-35-88-79(86)89-43-49-24-11-6-12-25-49)91-73(115)59(42-64(105)106)97-68(110)53(28-17-34-87-78(84)85)92-74(116)61(45-103)100-65(107)50(82)44-102/h4-12,20-25,46,50-62,102-103H,13-19,26-45,80-82H2,1-3H3,(H2,83,104)(H,90,113)(H,91,115)(H,92,116)(H,93,112)(H,94,114)(H,95,108)(H,96,109)(H,97,110)(H,98,117)(H,99,111)(H,100,107)(H,105,106)(H,119,120)(H4,84,85,87)(H3,86,88,89)/t50-,51-,52-,53-,54-,55-,56-,57-,58-,59-,60-,61-,62-/m0/s1. The molecule has 668 valence electrons. The maximum absolute atomic E-state index is 15.2. The van der Waals surface area contributed by atoms with Gasteiger partial charge in [-0.3, -0.25) is 77.9 Å². The van der Waals surface area contributed by atoms with Gasteiger partial charge in [0, 0.05) is 39.0 Å². The number of nitrogens with one attached hydrogen (secondary N) is 16. The van der Waals surface area contributed by atoms with Crippen molar-refractivity contribution < 1.29 is 92.3 Å². The van der Waals surface area contributed by atoms with E-state index in [1.54, 1.807) is 92.9 Å². The molecule has 42 heteroatoms. The zero-order valence-electron chi connectivity index (χ0n) is 68.5. The summed E-state index contributed by atoms with van der Waals surface area (Å²) in [7, 11) is 0. The monoisotopic (exact) mass is 1710 g/mol. The number of unbranched alkanes of at least 4 members (excludes halogenated alkanes) is 2. The minimum atomic E-state index is -2.07. The van der Waals surface area contributed by atoms with Gasteiger partial charge in [0.25, 0.3) is 0 Å². The molecule has 1 heterocycles. The lowest BCUT2D eigenvalue weighted by Gasteiger charge is -2.31. The van der Waals surface area contributed by atoms with Crippen LogP contribution in [0.25, 0.3) is 0 Å². The molecular weight excluding hydrogens is 1590 g/mol. The van der Waals surface area contributed by atoms with E-state index in [2.05, 4.69) is 74.4 Å². The van der Waals surface area contributed by atoms with Crippen molar-refractivity contribution in [2.24, 2.45) is 34.6 Å². The number of aliphatic hydroxyl groups is 2. The van der Waals surface area contributed by atoms with E-state index in [9.17, 15) is 82.8 Å². The maximum atomic E-state index is 15.2. The van der Waals surface area contributed by atoms with Crippen LogP contribution >= 0.6 is 11.8 Å². The van der Waals surface area contributed by atoms with Crippen LogP contribution < -0.4 is 103 Å². The minimum absolute atomic E-state index is 0.0217. The molecule has 0 saturated carbocycles. The number of carbonyl (C=O) groups is 15. The van der Waals surface area contributed by atoms with E-state index in [4.69, 9.17) is 39.5 Å². The van der Waals surface area contributed by atoms with Crippen LogP contribution in [0.3, 0.4) is 0 Å². The third-order valence-electron chi connectivity index (χ3n) is 19.3. The summed E-state index contributed by atoms with van der Waals surface area (Å²) in [5.41, 5.74) is 30.5. The van der Waals surface area contributed by atoms with Gasteiger partial charge in [-0.25, -0.2) is 4.79 Å². The molecule has 0 unspecified atom stereocenters. The highest BCUT2D eigenvalue weighted by atomic mass is 32.2. The fraction of sp³-hybridized carbons (Fsp3) is 0.557. The molecule has 3 aromatic carbocycles. The van der Waals surface area contributed by atoms with Crippen molar-refractivity contribution in [2.75, 3.05) is 57.9 Å². The predicted octanol–water partition coefficient (Wildman–Crippen LogP) is -5.04. The Morgan fingerprint density at radius 2 is 0.860 bits per heavy atom. The number of hydrogen-bond donors (Lipinski definition) is 25. The Kier molecular flexibility index (Phi) is 46.5. The molecule has 3 aromatic rings. The van der Waals surface area contributed by atoms with E-state index in [0.29, 0.717) is 36.1 Å². The van der Waals surface area contributed by atoms with Crippen molar-refractivity contribution in [2.45, 2.75) is 215 Å². The first kappa shape index (κ1) is 102. The molecule has 0 aliphatic carbocycles. The summed E-state index contributed by atoms with van der Waals surface area (Å²) >= 11 is 1.38. The SMILES string of the molecule is CSCC[C@H](NC(=O)[C@H](Cc1ccccc1)NC(=O)[C@H](CCCCN)NC(=O)[C@H](Cc1ccccc1)NC(=O)[C@@H]1CCCN1C(=O)[C@H](CCCCN)NC(=O)[C@H](CC(N)=O)NC(=O)[C@H](CCCNC(=N)NCc1ccccc1)NC(=O)[C@H](CC(=O)O)NC(=O)[C@H](CCCNC(=N)N)NC(=O)[C@H](CO)NC(=O)[C@@H](N)CO)C(=O)N[C@@H](CC(C)C)C(=O)O. The average Bonchev–Trinajstić information content (AvgIpc) is 1.29. The normalized spacial score (nSPS) is 15.3. The van der Waals surface area contributed by atoms with Gasteiger partial charge in [-0.1, -0.05) is 105 Å². The van der Waals surface area contributed by atoms with Gasteiger partial charge < -0.3 is 128 Å². The number of nitrogens with two attached hydrogens (primary N) is 5. The van der Waals surface area contributed by atoms with Crippen molar-refractivity contribution in [1.29, 1.82) is 10.8 Å². The first-order valence-electron chi connectivity index (χ1n) is 40.2. The summed E-state index contributed by atoms with van der Waals surface area (Å²) in [6, 6.07) is 5.86. The molecule has 0 aromatic heterocycles. The Bertz CT molecular complexity index is 3900. The van der Waals surface area contributed by atoms with E-state index < -0.39 is 199 Å². The van der Waals surface area contributed by atoms with Crippen molar-refractivity contribution in [3.8, 4) is 0 Å². The zero-order chi connectivity index (χ0) is 89.5. The maximum Gasteiger partial charge on any atom is 0.326 e. The summed E-state index contributed by atoms with van der Waals surface area (Å²) in [6.45, 7) is 2.06. The fourth-order valence-corrected chi connectivity index (χ4v) is 13.3. The van der Waals surface area contributed by atoms with E-state index in [-0.39, 0.29) is 135 Å². The van der Waals surface area contributed by atoms with Gasteiger partial charge in [0.15, 0.2) is 11.9 Å². The summed E-state index contributed by atoms with van der Waals surface area (Å²) in [5.74, 6) is -16.5. The number of benzene rings is 3. The number of carboxylic acid groups (broad SMARTS) is 2. The van der Waals surface area contributed by atoms with Gasteiger partial charge in [-0.05, 0) is 138 Å². The van der Waals surface area contributed by atoms with Gasteiger partial charge in [0.2, 0.25) is 76.8 Å². The second kappa shape index (κ2) is 55.3. The van der Waals surface area contributed by atoms with Crippen LogP contribution in [0, 0.1) is 16.7 Å². The molecule has 1 saturated heterocycles. The fourth-order valence-electron chi connectivity index (χ4n) is 12.8. The number of aliphatic carboxylic acids is 2. The van der Waals surface area contributed by atoms with Crippen molar-refractivity contribution >= 4 is 112 Å². The van der Waals surface area contributed by atoms with Crippen molar-refractivity contribution in [1.82, 2.24) is 79.3 Å². The van der Waals surface area contributed by atoms with Crippen molar-refractivity contribution in [3.63, 3.8) is 0 Å². The summed E-state index contributed by atoms with van der Waals surface area (Å²) < 4.78 is 0. The predicted molar refractivity (Wildman–Crippen MR) is 448 cm³/mol. The second-order valence-corrected chi connectivity index (χ2v) is 30.6. The Morgan fingerprint density at radius 1 is 0.463 bits per heavy atom. The first-order valence-corrected chi connectivity index (χ1v) is 41.6. The smallest absolute Gasteiger partial charge is 0.326 e. The summed E-state index contributed by atoms with van der Waals surface area (Å²) in [6.07, 6.45) is 0.0934. The molecule has 1 aliphatic heterocycles. The van der Waals surface area contributed by atoms with Gasteiger partial charge in [-0.2, -0.15) is 11.8 Å². The highest BCUT2D eigenvalue weighted by Crippen LogP contribution is 2.22. The Balaban J connectivity index is 1.68. The largest absolute Gasteiger partial charge is 0.481 e. The number of guanidine groups is 2. The van der Waals surface area contributed by atoms with Crippen LogP contribution in [0.1, 0.15) is 133 Å². The molecule has 0 spiro atoms. The quantitative estimate of drug-likeness (QED) is 0.0143. The number of primary amides is 1. The third-order valence-corrected chi connectivity index (χ3v) is 20.0. The Labute approximate surface area is 706 Å². The highest BCUT2D eigenvalue weighted by molar-refractivity contribution is 7.98. The van der Waals surface area contributed by atoms with Crippen LogP contribution in [0.4, 0.5) is 0 Å². The highest BCUT2D eigenvalue weighted by Gasteiger charge is 2.42. The van der Waals surface area contributed by atoms with Gasteiger partial charge in [0.1, 0.15) is 78.5 Å². The Hall–Kier alpha value is -11.6. The number of aliphatic hydroxyl groups excluding tert-OH is 2. The number of carboxylic acids is 2. The molecule has 41 nitrogen and oxygen atoms in total. The number of carbonyl (C=O) groups excluding carboxylic acids is 13. The summed E-state index contributed by atoms with van der Waals surface area (Å²) in [4.78, 5) is 211. The lowest BCUT2D eigenvalue weighted by molar-refractivity contribution is -0.143. The van der Waals surface area contributed by atoms with Gasteiger partial charge in [0.05, 0.1) is 26.1 Å². The van der Waals surface area contributed by atoms with Crippen LogP contribution in [0.5, 0.6) is 0 Å². The molecule has 0 bridgehead atoms. The molecule has 30 N–H and O–H groups in total. The number of rotatable bonds is 57. The van der Waals surface area contributed by atoms with Gasteiger partial charge in [-0.15, -0.1) is 0 Å². The van der Waals surface area contributed by atoms with E-state index >= 15 is 9.59 Å². The van der Waals surface area contributed by atoms with Gasteiger partial charge >= 0.3 is 11.9 Å². The lowest BCUT2D eigenvalue weighted by atomic mass is 10.0. The first-order chi connectivity index (χ1) is 57.7. The topological polar surface area (TPSA) is 686 Å². The molecule has 1 fully saturated rings. The lowest BCUT2D eigenvalue weighted by Crippen LogP contribution is -2.61. The average molecular weight is 1720 g/mol. The number of likely N-dealkylation sites (tertiary alicyclic amines) is 1.